The van der Waals surface area contributed by atoms with Crippen LogP contribution >= 0.6 is 11.6 Å². The zero-order chi connectivity index (χ0) is 12.5. The van der Waals surface area contributed by atoms with Gasteiger partial charge in [0.1, 0.15) is 0 Å². The Morgan fingerprint density at radius 3 is 2.82 bits per heavy atom. The molecule has 3 nitrogen and oxygen atoms in total. The van der Waals surface area contributed by atoms with E-state index < -0.39 is 6.29 Å². The number of benzene rings is 1. The van der Waals surface area contributed by atoms with E-state index in [4.69, 9.17) is 11.6 Å². The van der Waals surface area contributed by atoms with Crippen LogP contribution in [0.2, 0.25) is 0 Å². The van der Waals surface area contributed by atoms with Crippen molar-refractivity contribution in [3.8, 4) is 11.5 Å². The Labute approximate surface area is 102 Å². The highest BCUT2D eigenvalue weighted by Crippen LogP contribution is 2.42. The Morgan fingerprint density at radius 2 is 2.12 bits per heavy atom. The maximum Gasteiger partial charge on any atom is 0.586 e. The second kappa shape index (κ2) is 4.41. The first-order valence-electron chi connectivity index (χ1n) is 4.90. The molecule has 0 aromatic heterocycles. The normalized spacial score (nSPS) is 17.1. The highest BCUT2D eigenvalue weighted by molar-refractivity contribution is 6.25. The molecule has 0 bridgehead atoms. The van der Waals surface area contributed by atoms with Crippen LogP contribution in [0.5, 0.6) is 11.5 Å². The van der Waals surface area contributed by atoms with E-state index in [0.717, 1.165) is 5.57 Å². The molecule has 1 aliphatic rings. The van der Waals surface area contributed by atoms with Crippen LogP contribution in [0.4, 0.5) is 14.5 Å². The molecule has 1 aromatic rings. The minimum atomic E-state index is -3.58. The number of halogens is 3. The molecule has 0 spiro atoms. The second-order valence-electron chi connectivity index (χ2n) is 3.64. The van der Waals surface area contributed by atoms with E-state index >= 15 is 0 Å². The summed E-state index contributed by atoms with van der Waals surface area (Å²) in [6.07, 6.45) is -3.58. The van der Waals surface area contributed by atoms with E-state index in [0.29, 0.717) is 12.2 Å². The van der Waals surface area contributed by atoms with E-state index in [1.807, 2.05) is 6.92 Å². The van der Waals surface area contributed by atoms with Crippen molar-refractivity contribution < 1.29 is 18.3 Å². The SMILES string of the molecule is C/C(=C/Cl)CNc1ccc2c(c1)OC(F)(F)O2. The van der Waals surface area contributed by atoms with E-state index in [1.165, 1.54) is 17.7 Å². The van der Waals surface area contributed by atoms with Gasteiger partial charge in [0.2, 0.25) is 0 Å². The fourth-order valence-electron chi connectivity index (χ4n) is 1.34. The molecule has 2 rings (SSSR count). The van der Waals surface area contributed by atoms with Gasteiger partial charge in [0.05, 0.1) is 0 Å². The lowest BCUT2D eigenvalue weighted by molar-refractivity contribution is -0.286. The van der Waals surface area contributed by atoms with Gasteiger partial charge in [-0.2, -0.15) is 0 Å². The third-order valence-electron chi connectivity index (χ3n) is 2.16. The van der Waals surface area contributed by atoms with Crippen LogP contribution in [-0.4, -0.2) is 12.8 Å². The van der Waals surface area contributed by atoms with Gasteiger partial charge in [-0.25, -0.2) is 0 Å². The summed E-state index contributed by atoms with van der Waals surface area (Å²) in [7, 11) is 0. The molecule has 1 N–H and O–H groups in total. The average Bonchev–Trinajstić information content (AvgIpc) is 2.58. The molecule has 17 heavy (non-hydrogen) atoms. The first-order valence-corrected chi connectivity index (χ1v) is 5.33. The summed E-state index contributed by atoms with van der Waals surface area (Å²) >= 11 is 5.50. The topological polar surface area (TPSA) is 30.5 Å². The largest absolute Gasteiger partial charge is 0.586 e. The number of hydrogen-bond donors (Lipinski definition) is 1. The standard InChI is InChI=1S/C11H10ClF2NO2/c1-7(5-12)6-15-8-2-3-9-10(4-8)17-11(13,14)16-9/h2-5,15H,6H2,1H3/b7-5-. The minimum absolute atomic E-state index is 0.0208. The van der Waals surface area contributed by atoms with E-state index in [9.17, 15) is 8.78 Å². The second-order valence-corrected chi connectivity index (χ2v) is 3.86. The molecule has 0 saturated heterocycles. The van der Waals surface area contributed by atoms with Gasteiger partial charge >= 0.3 is 6.29 Å². The molecule has 92 valence electrons. The lowest BCUT2D eigenvalue weighted by atomic mass is 10.2. The number of ether oxygens (including phenoxy) is 2. The third-order valence-corrected chi connectivity index (χ3v) is 2.53. The van der Waals surface area contributed by atoms with Crippen molar-refractivity contribution in [3.63, 3.8) is 0 Å². The molecule has 0 unspecified atom stereocenters. The molecular formula is C11H10ClF2NO2. The Balaban J connectivity index is 2.09. The van der Waals surface area contributed by atoms with Crippen LogP contribution < -0.4 is 14.8 Å². The van der Waals surface area contributed by atoms with Gasteiger partial charge in [0.25, 0.3) is 0 Å². The molecule has 0 amide bonds. The smallest absolute Gasteiger partial charge is 0.395 e. The summed E-state index contributed by atoms with van der Waals surface area (Å²) in [6.45, 7) is 2.38. The van der Waals surface area contributed by atoms with Crippen molar-refractivity contribution in [2.75, 3.05) is 11.9 Å². The van der Waals surface area contributed by atoms with Gasteiger partial charge in [0, 0.05) is 23.8 Å². The molecule has 1 aromatic carbocycles. The predicted molar refractivity (Wildman–Crippen MR) is 60.7 cm³/mol. The summed E-state index contributed by atoms with van der Waals surface area (Å²) in [5.74, 6) is 0.0534. The van der Waals surface area contributed by atoms with Crippen LogP contribution in [0.3, 0.4) is 0 Å². The fourth-order valence-corrected chi connectivity index (χ4v) is 1.42. The van der Waals surface area contributed by atoms with Crippen molar-refractivity contribution >= 4 is 17.3 Å². The third kappa shape index (κ3) is 2.79. The van der Waals surface area contributed by atoms with Crippen molar-refractivity contribution in [1.29, 1.82) is 0 Å². The Morgan fingerprint density at radius 1 is 1.41 bits per heavy atom. The van der Waals surface area contributed by atoms with E-state index in [1.54, 1.807) is 6.07 Å². The summed E-state index contributed by atoms with van der Waals surface area (Å²) in [5.41, 5.74) is 3.03. The molecule has 0 aliphatic carbocycles. The molecular weight excluding hydrogens is 252 g/mol. The molecule has 1 heterocycles. The monoisotopic (exact) mass is 261 g/mol. The van der Waals surface area contributed by atoms with Crippen LogP contribution in [0.1, 0.15) is 6.92 Å². The van der Waals surface area contributed by atoms with Crippen LogP contribution in [0, 0.1) is 0 Å². The first-order chi connectivity index (χ1) is 8.00. The lowest BCUT2D eigenvalue weighted by Crippen LogP contribution is -2.25. The van der Waals surface area contributed by atoms with Crippen molar-refractivity contribution in [1.82, 2.24) is 0 Å². The average molecular weight is 262 g/mol. The number of fused-ring (bicyclic) bond motifs is 1. The van der Waals surface area contributed by atoms with Gasteiger partial charge in [-0.05, 0) is 24.6 Å². The molecule has 0 saturated carbocycles. The van der Waals surface area contributed by atoms with Gasteiger partial charge < -0.3 is 14.8 Å². The number of hydrogen-bond acceptors (Lipinski definition) is 3. The molecule has 6 heteroatoms. The predicted octanol–water partition coefficient (Wildman–Crippen LogP) is 3.56. The van der Waals surface area contributed by atoms with E-state index in [-0.39, 0.29) is 11.5 Å². The molecule has 0 radical (unpaired) electrons. The fraction of sp³-hybridized carbons (Fsp3) is 0.273. The minimum Gasteiger partial charge on any atom is -0.395 e. The Bertz CT molecular complexity index is 463. The zero-order valence-electron chi connectivity index (χ0n) is 8.97. The quantitative estimate of drug-likeness (QED) is 0.902. The van der Waals surface area contributed by atoms with Crippen molar-refractivity contribution in [2.24, 2.45) is 0 Å². The van der Waals surface area contributed by atoms with Gasteiger partial charge in [-0.3, -0.25) is 0 Å². The molecule has 1 aliphatic heterocycles. The number of nitrogens with one attached hydrogen (secondary N) is 1. The highest BCUT2D eigenvalue weighted by Gasteiger charge is 2.43. The zero-order valence-corrected chi connectivity index (χ0v) is 9.72. The number of rotatable bonds is 3. The molecule has 0 fully saturated rings. The molecule has 0 atom stereocenters. The maximum absolute atomic E-state index is 12.7. The van der Waals surface area contributed by atoms with Gasteiger partial charge in [-0.1, -0.05) is 11.6 Å². The Hall–Kier alpha value is -1.49. The number of alkyl halides is 2. The van der Waals surface area contributed by atoms with E-state index in [2.05, 4.69) is 14.8 Å². The van der Waals surface area contributed by atoms with Crippen LogP contribution in [-0.2, 0) is 0 Å². The van der Waals surface area contributed by atoms with Crippen molar-refractivity contribution in [3.05, 3.63) is 29.3 Å². The summed E-state index contributed by atoms with van der Waals surface area (Å²) in [6, 6.07) is 4.52. The van der Waals surface area contributed by atoms with Gasteiger partial charge in [0.15, 0.2) is 11.5 Å². The summed E-state index contributed by atoms with van der Waals surface area (Å²) < 4.78 is 34.1. The maximum atomic E-state index is 12.7. The lowest BCUT2D eigenvalue weighted by Gasteiger charge is -2.06. The Kier molecular flexibility index (Phi) is 3.11. The highest BCUT2D eigenvalue weighted by atomic mass is 35.5. The summed E-state index contributed by atoms with van der Waals surface area (Å²) in [4.78, 5) is 0. The van der Waals surface area contributed by atoms with Crippen molar-refractivity contribution in [2.45, 2.75) is 13.2 Å². The first kappa shape index (κ1) is 12.0. The van der Waals surface area contributed by atoms with Crippen LogP contribution in [0.25, 0.3) is 0 Å². The number of anilines is 1. The van der Waals surface area contributed by atoms with Gasteiger partial charge in [-0.15, -0.1) is 8.78 Å². The van der Waals surface area contributed by atoms with Crippen LogP contribution in [0.15, 0.2) is 29.3 Å². The summed E-state index contributed by atoms with van der Waals surface area (Å²) in [5, 5.41) is 3.02.